The highest BCUT2D eigenvalue weighted by Gasteiger charge is 2.16. The lowest BCUT2D eigenvalue weighted by Gasteiger charge is -2.09. The van der Waals surface area contributed by atoms with Crippen molar-refractivity contribution in [2.24, 2.45) is 0 Å². The van der Waals surface area contributed by atoms with Crippen LogP contribution in [0.3, 0.4) is 0 Å². The quantitative estimate of drug-likeness (QED) is 0.460. The van der Waals surface area contributed by atoms with Crippen molar-refractivity contribution in [2.45, 2.75) is 6.92 Å². The first-order chi connectivity index (χ1) is 15.0. The first-order valence-corrected chi connectivity index (χ1v) is 10.2. The average molecular weight is 437 g/mol. The Bertz CT molecular complexity index is 1250. The van der Waals surface area contributed by atoms with Crippen LogP contribution < -0.4 is 20.3 Å². The lowest BCUT2D eigenvalue weighted by Crippen LogP contribution is -2.23. The Balaban J connectivity index is 1.57. The molecule has 9 nitrogen and oxygen atoms in total. The van der Waals surface area contributed by atoms with Crippen molar-refractivity contribution in [1.82, 2.24) is 19.7 Å². The standard InChI is InChI=1S/C21H19N5O4S/c1-13-10-19(27)24-21(22-13)26-18(11-16(25-26)17-4-3-9-31-17)23-20(28)12-30-15-7-5-14(29-2)6-8-15/h3-11H,12H2,1-2H3,(H,23,28)(H,22,24,27). The Morgan fingerprint density at radius 3 is 2.65 bits per heavy atom. The highest BCUT2D eigenvalue weighted by atomic mass is 32.1. The second-order valence-electron chi connectivity index (χ2n) is 6.53. The zero-order chi connectivity index (χ0) is 21.8. The van der Waals surface area contributed by atoms with E-state index in [0.717, 1.165) is 4.88 Å². The number of hydrogen-bond acceptors (Lipinski definition) is 7. The molecule has 1 aromatic carbocycles. The van der Waals surface area contributed by atoms with Gasteiger partial charge in [-0.1, -0.05) is 6.07 Å². The number of aryl methyl sites for hydroxylation is 1. The molecule has 0 atom stereocenters. The topological polar surface area (TPSA) is 111 Å². The monoisotopic (exact) mass is 437 g/mol. The van der Waals surface area contributed by atoms with Crippen LogP contribution in [0.2, 0.25) is 0 Å². The molecule has 10 heteroatoms. The number of aromatic amines is 1. The van der Waals surface area contributed by atoms with Crippen LogP contribution in [0.15, 0.2) is 58.7 Å². The fourth-order valence-electron chi connectivity index (χ4n) is 2.84. The van der Waals surface area contributed by atoms with Gasteiger partial charge in [0.05, 0.1) is 12.0 Å². The van der Waals surface area contributed by atoms with E-state index in [9.17, 15) is 9.59 Å². The van der Waals surface area contributed by atoms with Crippen LogP contribution in [0.5, 0.6) is 11.5 Å². The van der Waals surface area contributed by atoms with E-state index < -0.39 is 0 Å². The molecule has 0 saturated heterocycles. The highest BCUT2D eigenvalue weighted by Crippen LogP contribution is 2.27. The van der Waals surface area contributed by atoms with E-state index in [0.29, 0.717) is 28.7 Å². The second kappa shape index (κ2) is 8.84. The molecule has 158 valence electrons. The number of H-pyrrole nitrogens is 1. The Morgan fingerprint density at radius 1 is 1.19 bits per heavy atom. The maximum atomic E-state index is 12.5. The van der Waals surface area contributed by atoms with Gasteiger partial charge in [-0.05, 0) is 42.6 Å². The minimum Gasteiger partial charge on any atom is -0.497 e. The molecule has 31 heavy (non-hydrogen) atoms. The van der Waals surface area contributed by atoms with Gasteiger partial charge in [-0.2, -0.15) is 9.78 Å². The smallest absolute Gasteiger partial charge is 0.263 e. The molecule has 2 N–H and O–H groups in total. The molecule has 4 rings (SSSR count). The largest absolute Gasteiger partial charge is 0.497 e. The molecule has 0 spiro atoms. The number of anilines is 1. The maximum absolute atomic E-state index is 12.5. The molecule has 0 aliphatic rings. The number of methoxy groups -OCH3 is 1. The average Bonchev–Trinajstić information content (AvgIpc) is 3.42. The summed E-state index contributed by atoms with van der Waals surface area (Å²) in [5.74, 6) is 1.42. The molecular formula is C21H19N5O4S. The van der Waals surface area contributed by atoms with Crippen molar-refractivity contribution in [1.29, 1.82) is 0 Å². The summed E-state index contributed by atoms with van der Waals surface area (Å²) in [5, 5.41) is 9.23. The lowest BCUT2D eigenvalue weighted by molar-refractivity contribution is -0.118. The molecule has 3 aromatic heterocycles. The molecule has 0 aliphatic carbocycles. The third-order valence-electron chi connectivity index (χ3n) is 4.24. The van der Waals surface area contributed by atoms with Crippen LogP contribution in [0, 0.1) is 6.92 Å². The minimum atomic E-state index is -0.385. The number of nitrogens with one attached hydrogen (secondary N) is 2. The summed E-state index contributed by atoms with van der Waals surface area (Å²) in [5.41, 5.74) is 0.869. The van der Waals surface area contributed by atoms with Gasteiger partial charge in [-0.15, -0.1) is 11.3 Å². The Labute approximate surface area is 181 Å². The Hall–Kier alpha value is -3.92. The van der Waals surface area contributed by atoms with E-state index in [1.165, 1.54) is 22.1 Å². The molecule has 3 heterocycles. The number of carbonyl (C=O) groups excluding carboxylic acids is 1. The number of amides is 1. The number of aromatic nitrogens is 4. The van der Waals surface area contributed by atoms with Gasteiger partial charge in [0.1, 0.15) is 23.0 Å². The SMILES string of the molecule is COc1ccc(OCC(=O)Nc2cc(-c3cccs3)nn2-c2nc(C)cc(=O)[nH]2)cc1. The van der Waals surface area contributed by atoms with E-state index >= 15 is 0 Å². The van der Waals surface area contributed by atoms with E-state index in [1.54, 1.807) is 44.4 Å². The molecule has 0 aliphatic heterocycles. The summed E-state index contributed by atoms with van der Waals surface area (Å²) in [6.07, 6.45) is 0. The van der Waals surface area contributed by atoms with Gasteiger partial charge in [-0.25, -0.2) is 4.98 Å². The van der Waals surface area contributed by atoms with Crippen molar-refractivity contribution < 1.29 is 14.3 Å². The predicted octanol–water partition coefficient (Wildman–Crippen LogP) is 3.02. The van der Waals surface area contributed by atoms with Gasteiger partial charge in [0, 0.05) is 17.8 Å². The maximum Gasteiger partial charge on any atom is 0.263 e. The lowest BCUT2D eigenvalue weighted by atomic mass is 10.3. The van der Waals surface area contributed by atoms with E-state index in [1.807, 2.05) is 17.5 Å². The number of hydrogen-bond donors (Lipinski definition) is 2. The molecule has 0 radical (unpaired) electrons. The summed E-state index contributed by atoms with van der Waals surface area (Å²) >= 11 is 1.51. The van der Waals surface area contributed by atoms with E-state index in [2.05, 4.69) is 20.4 Å². The zero-order valence-corrected chi connectivity index (χ0v) is 17.6. The molecule has 4 aromatic rings. The van der Waals surface area contributed by atoms with Gasteiger partial charge in [0.2, 0.25) is 5.95 Å². The summed E-state index contributed by atoms with van der Waals surface area (Å²) < 4.78 is 12.0. The van der Waals surface area contributed by atoms with Crippen molar-refractivity contribution in [2.75, 3.05) is 19.0 Å². The van der Waals surface area contributed by atoms with Crippen LogP contribution in [0.1, 0.15) is 5.69 Å². The van der Waals surface area contributed by atoms with Crippen molar-refractivity contribution in [3.05, 3.63) is 70.0 Å². The summed E-state index contributed by atoms with van der Waals surface area (Å²) in [6, 6.07) is 13.9. The number of rotatable bonds is 7. The molecule has 0 fully saturated rings. The first kappa shape index (κ1) is 20.4. The Morgan fingerprint density at radius 2 is 1.97 bits per heavy atom. The number of benzene rings is 1. The third-order valence-corrected chi connectivity index (χ3v) is 5.13. The van der Waals surface area contributed by atoms with Crippen LogP contribution in [0.25, 0.3) is 16.5 Å². The number of carbonyl (C=O) groups is 1. The van der Waals surface area contributed by atoms with E-state index in [4.69, 9.17) is 9.47 Å². The summed E-state index contributed by atoms with van der Waals surface area (Å²) in [6.45, 7) is 1.51. The first-order valence-electron chi connectivity index (χ1n) is 9.31. The minimum absolute atomic E-state index is 0.205. The molecule has 0 bridgehead atoms. The normalized spacial score (nSPS) is 10.6. The van der Waals surface area contributed by atoms with Gasteiger partial charge >= 0.3 is 0 Å². The van der Waals surface area contributed by atoms with E-state index in [-0.39, 0.29) is 24.0 Å². The molecular weight excluding hydrogens is 418 g/mol. The van der Waals surface area contributed by atoms with Crippen LogP contribution >= 0.6 is 11.3 Å². The van der Waals surface area contributed by atoms with Crippen LogP contribution in [0.4, 0.5) is 5.82 Å². The number of nitrogens with zero attached hydrogens (tertiary/aromatic N) is 3. The highest BCUT2D eigenvalue weighted by molar-refractivity contribution is 7.13. The van der Waals surface area contributed by atoms with Crippen LogP contribution in [-0.2, 0) is 4.79 Å². The summed E-state index contributed by atoms with van der Waals surface area (Å²) in [7, 11) is 1.58. The number of thiophene rings is 1. The van der Waals surface area contributed by atoms with Crippen LogP contribution in [-0.4, -0.2) is 39.4 Å². The molecule has 0 saturated carbocycles. The van der Waals surface area contributed by atoms with Gasteiger partial charge in [0.15, 0.2) is 6.61 Å². The van der Waals surface area contributed by atoms with Crippen molar-refractivity contribution in [3.63, 3.8) is 0 Å². The predicted molar refractivity (Wildman–Crippen MR) is 117 cm³/mol. The molecule has 1 amide bonds. The van der Waals surface area contributed by atoms with Gasteiger partial charge in [-0.3, -0.25) is 14.6 Å². The Kier molecular flexibility index (Phi) is 5.80. The second-order valence-corrected chi connectivity index (χ2v) is 7.47. The zero-order valence-electron chi connectivity index (χ0n) is 16.8. The number of ether oxygens (including phenoxy) is 2. The van der Waals surface area contributed by atoms with Gasteiger partial charge < -0.3 is 14.8 Å². The van der Waals surface area contributed by atoms with Crippen molar-refractivity contribution >= 4 is 23.1 Å². The third kappa shape index (κ3) is 4.81. The fourth-order valence-corrected chi connectivity index (χ4v) is 3.52. The van der Waals surface area contributed by atoms with Gasteiger partial charge in [0.25, 0.3) is 11.5 Å². The van der Waals surface area contributed by atoms with Crippen molar-refractivity contribution in [3.8, 4) is 28.0 Å². The fraction of sp³-hybridized carbons (Fsp3) is 0.143. The molecule has 0 unspecified atom stereocenters. The summed E-state index contributed by atoms with van der Waals surface area (Å²) in [4.78, 5) is 32.3.